The van der Waals surface area contributed by atoms with Gasteiger partial charge >= 0.3 is 5.97 Å². The molecule has 0 atom stereocenters. The number of benzene rings is 1. The van der Waals surface area contributed by atoms with Gasteiger partial charge in [0.2, 0.25) is 5.43 Å². The summed E-state index contributed by atoms with van der Waals surface area (Å²) in [6.07, 6.45) is 2.64. The van der Waals surface area contributed by atoms with Crippen molar-refractivity contribution in [3.05, 3.63) is 39.7 Å². The van der Waals surface area contributed by atoms with Crippen molar-refractivity contribution in [1.29, 1.82) is 0 Å². The van der Waals surface area contributed by atoms with Crippen LogP contribution in [0.2, 0.25) is 0 Å². The standard InChI is InChI=1S/C13H9F2NO3S/c14-8-3-6-10(9(15)12(8)20)16(5-1-2-5)4-7(11(6)17)13(18)19/h3-5,20H,1-2H2,(H,18,19). The monoisotopic (exact) mass is 297 g/mol. The number of aromatic carboxylic acids is 1. The summed E-state index contributed by atoms with van der Waals surface area (Å²) in [6.45, 7) is 0. The molecule has 0 spiro atoms. The molecule has 1 saturated carbocycles. The van der Waals surface area contributed by atoms with E-state index in [1.807, 2.05) is 0 Å². The van der Waals surface area contributed by atoms with Crippen LogP contribution in [0.1, 0.15) is 29.2 Å². The van der Waals surface area contributed by atoms with E-state index in [0.717, 1.165) is 25.1 Å². The normalized spacial score (nSPS) is 14.8. The quantitative estimate of drug-likeness (QED) is 0.838. The van der Waals surface area contributed by atoms with Gasteiger partial charge < -0.3 is 9.67 Å². The Balaban J connectivity index is 2.52. The van der Waals surface area contributed by atoms with Crippen molar-refractivity contribution in [2.45, 2.75) is 23.8 Å². The molecule has 0 amide bonds. The average Bonchev–Trinajstić information content (AvgIpc) is 3.21. The van der Waals surface area contributed by atoms with E-state index in [-0.39, 0.29) is 16.9 Å². The SMILES string of the molecule is O=C(O)c1cn(C2CC2)c2c(F)c(S)c(F)cc2c1=O. The largest absolute Gasteiger partial charge is 0.477 e. The highest BCUT2D eigenvalue weighted by Crippen LogP contribution is 2.38. The van der Waals surface area contributed by atoms with Crippen LogP contribution >= 0.6 is 12.6 Å². The second-order valence-electron chi connectivity index (χ2n) is 4.73. The Bertz CT molecular complexity index is 812. The number of fused-ring (bicyclic) bond motifs is 1. The third-order valence-electron chi connectivity index (χ3n) is 3.35. The van der Waals surface area contributed by atoms with E-state index in [9.17, 15) is 18.4 Å². The van der Waals surface area contributed by atoms with Crippen LogP contribution in [-0.2, 0) is 0 Å². The Labute approximate surface area is 117 Å². The molecule has 0 aliphatic heterocycles. The summed E-state index contributed by atoms with van der Waals surface area (Å²) in [4.78, 5) is 22.6. The van der Waals surface area contributed by atoms with Gasteiger partial charge in [0.1, 0.15) is 11.4 Å². The molecule has 2 aromatic rings. The van der Waals surface area contributed by atoms with Crippen LogP contribution in [0.5, 0.6) is 0 Å². The Morgan fingerprint density at radius 3 is 2.60 bits per heavy atom. The van der Waals surface area contributed by atoms with Crippen molar-refractivity contribution < 1.29 is 18.7 Å². The predicted molar refractivity (Wildman–Crippen MR) is 70.6 cm³/mol. The first kappa shape index (κ1) is 13.1. The van der Waals surface area contributed by atoms with E-state index in [1.54, 1.807) is 0 Å². The van der Waals surface area contributed by atoms with Crippen molar-refractivity contribution in [3.63, 3.8) is 0 Å². The number of thiol groups is 1. The minimum atomic E-state index is -1.41. The summed E-state index contributed by atoms with van der Waals surface area (Å²) in [6, 6.07) is 0.776. The topological polar surface area (TPSA) is 59.3 Å². The highest BCUT2D eigenvalue weighted by atomic mass is 32.1. The van der Waals surface area contributed by atoms with E-state index >= 15 is 0 Å². The molecule has 1 aromatic heterocycles. The number of carboxylic acid groups (broad SMARTS) is 1. The van der Waals surface area contributed by atoms with Gasteiger partial charge in [-0.3, -0.25) is 4.79 Å². The molecule has 1 aliphatic carbocycles. The molecular weight excluding hydrogens is 288 g/mol. The maximum atomic E-state index is 14.2. The predicted octanol–water partition coefficient (Wildman–Crippen LogP) is 2.60. The van der Waals surface area contributed by atoms with Gasteiger partial charge in [-0.25, -0.2) is 13.6 Å². The summed E-state index contributed by atoms with van der Waals surface area (Å²) in [5.74, 6) is -3.34. The molecule has 0 saturated heterocycles. The highest BCUT2D eigenvalue weighted by Gasteiger charge is 2.29. The van der Waals surface area contributed by atoms with Gasteiger partial charge in [0.25, 0.3) is 0 Å². The lowest BCUT2D eigenvalue weighted by Gasteiger charge is -2.13. The van der Waals surface area contributed by atoms with Crippen LogP contribution < -0.4 is 5.43 Å². The average molecular weight is 297 g/mol. The summed E-state index contributed by atoms with van der Waals surface area (Å²) in [5, 5.41) is 8.76. The number of carbonyl (C=O) groups is 1. The number of pyridine rings is 1. The van der Waals surface area contributed by atoms with E-state index < -0.39 is 33.5 Å². The lowest BCUT2D eigenvalue weighted by molar-refractivity contribution is 0.0695. The van der Waals surface area contributed by atoms with Gasteiger partial charge in [0.15, 0.2) is 5.82 Å². The van der Waals surface area contributed by atoms with Crippen molar-refractivity contribution in [2.75, 3.05) is 0 Å². The number of halogens is 2. The third kappa shape index (κ3) is 1.81. The molecule has 4 nitrogen and oxygen atoms in total. The molecule has 1 N–H and O–H groups in total. The van der Waals surface area contributed by atoms with Crippen molar-refractivity contribution in [3.8, 4) is 0 Å². The first-order valence-electron chi connectivity index (χ1n) is 5.91. The summed E-state index contributed by atoms with van der Waals surface area (Å²) >= 11 is 3.74. The highest BCUT2D eigenvalue weighted by molar-refractivity contribution is 7.80. The number of carboxylic acids is 1. The maximum Gasteiger partial charge on any atom is 0.341 e. The van der Waals surface area contributed by atoms with Crippen LogP contribution in [0.3, 0.4) is 0 Å². The molecule has 0 bridgehead atoms. The van der Waals surface area contributed by atoms with Crippen LogP contribution in [-0.4, -0.2) is 15.6 Å². The van der Waals surface area contributed by atoms with Gasteiger partial charge in [-0.1, -0.05) is 0 Å². The van der Waals surface area contributed by atoms with Crippen molar-refractivity contribution >= 4 is 29.5 Å². The lowest BCUT2D eigenvalue weighted by Crippen LogP contribution is -2.19. The Kier molecular flexibility index (Phi) is 2.82. The molecule has 3 rings (SSSR count). The molecule has 0 radical (unpaired) electrons. The van der Waals surface area contributed by atoms with E-state index in [4.69, 9.17) is 5.11 Å². The van der Waals surface area contributed by atoms with Crippen molar-refractivity contribution in [1.82, 2.24) is 4.57 Å². The number of nitrogens with zero attached hydrogens (tertiary/aromatic N) is 1. The van der Waals surface area contributed by atoms with Gasteiger partial charge in [0.05, 0.1) is 15.8 Å². The Morgan fingerprint density at radius 2 is 2.05 bits per heavy atom. The minimum Gasteiger partial charge on any atom is -0.477 e. The minimum absolute atomic E-state index is 0.0658. The molecule has 7 heteroatoms. The first-order valence-corrected chi connectivity index (χ1v) is 6.35. The zero-order valence-electron chi connectivity index (χ0n) is 10.1. The summed E-state index contributed by atoms with van der Waals surface area (Å²) < 4.78 is 29.2. The third-order valence-corrected chi connectivity index (χ3v) is 3.76. The second kappa shape index (κ2) is 4.31. The first-order chi connectivity index (χ1) is 9.41. The zero-order valence-corrected chi connectivity index (χ0v) is 11.0. The van der Waals surface area contributed by atoms with Gasteiger partial charge in [0, 0.05) is 12.2 Å². The Morgan fingerprint density at radius 1 is 1.40 bits per heavy atom. The van der Waals surface area contributed by atoms with Crippen molar-refractivity contribution in [2.24, 2.45) is 0 Å². The van der Waals surface area contributed by atoms with Gasteiger partial charge in [-0.2, -0.15) is 0 Å². The van der Waals surface area contributed by atoms with Crippen LogP contribution in [0.15, 0.2) is 22.0 Å². The van der Waals surface area contributed by atoms with E-state index in [0.29, 0.717) is 0 Å². The fourth-order valence-corrected chi connectivity index (χ4v) is 2.40. The molecular formula is C13H9F2NO3S. The van der Waals surface area contributed by atoms with Crippen LogP contribution in [0.25, 0.3) is 10.9 Å². The van der Waals surface area contributed by atoms with Crippen LogP contribution in [0.4, 0.5) is 8.78 Å². The molecule has 1 fully saturated rings. The molecule has 104 valence electrons. The van der Waals surface area contributed by atoms with E-state index in [1.165, 1.54) is 4.57 Å². The Hall–Kier alpha value is -1.89. The molecule has 0 unspecified atom stereocenters. The molecule has 1 aromatic carbocycles. The molecule has 1 heterocycles. The summed E-state index contributed by atoms with van der Waals surface area (Å²) in [7, 11) is 0. The number of aromatic nitrogens is 1. The fourth-order valence-electron chi connectivity index (χ4n) is 2.22. The summed E-state index contributed by atoms with van der Waals surface area (Å²) in [5.41, 5.74) is -1.47. The number of hydrogen-bond donors (Lipinski definition) is 2. The number of hydrogen-bond acceptors (Lipinski definition) is 3. The zero-order chi connectivity index (χ0) is 14.6. The number of rotatable bonds is 2. The lowest BCUT2D eigenvalue weighted by atomic mass is 10.1. The maximum absolute atomic E-state index is 14.2. The molecule has 20 heavy (non-hydrogen) atoms. The molecule has 1 aliphatic rings. The second-order valence-corrected chi connectivity index (χ2v) is 5.18. The van der Waals surface area contributed by atoms with Gasteiger partial charge in [-0.05, 0) is 18.9 Å². The van der Waals surface area contributed by atoms with E-state index in [2.05, 4.69) is 12.6 Å². The fraction of sp³-hybridized carbons (Fsp3) is 0.231. The van der Waals surface area contributed by atoms with Crippen LogP contribution in [0, 0.1) is 11.6 Å². The van der Waals surface area contributed by atoms with Gasteiger partial charge in [-0.15, -0.1) is 12.6 Å². The smallest absolute Gasteiger partial charge is 0.341 e.